The second-order valence-electron chi connectivity index (χ2n) is 2.30. The van der Waals surface area contributed by atoms with Crippen LogP contribution in [-0.2, 0) is 14.4 Å². The summed E-state index contributed by atoms with van der Waals surface area (Å²) in [6.07, 6.45) is 0. The van der Waals surface area contributed by atoms with E-state index in [2.05, 4.69) is 0 Å². The molecule has 0 saturated heterocycles. The molecule has 17 heavy (non-hydrogen) atoms. The van der Waals surface area contributed by atoms with Crippen molar-refractivity contribution in [1.29, 1.82) is 0 Å². The van der Waals surface area contributed by atoms with Gasteiger partial charge in [-0.3, -0.25) is 14.4 Å². The molecule has 0 aliphatic heterocycles. The summed E-state index contributed by atoms with van der Waals surface area (Å²) in [5.41, 5.74) is 0. The second-order valence-corrected chi connectivity index (χ2v) is 2.30. The molecule has 0 saturated carbocycles. The molecule has 1 rings (SSSR count). The van der Waals surface area contributed by atoms with Crippen LogP contribution < -0.4 is 0 Å². The maximum Gasteiger partial charge on any atom is 0.300 e. The van der Waals surface area contributed by atoms with Crippen LogP contribution in [0.3, 0.4) is 0 Å². The van der Waals surface area contributed by atoms with E-state index in [9.17, 15) is 0 Å². The smallest absolute Gasteiger partial charge is 0.300 e. The molecular weight excluding hydrogens is 228 g/mol. The average molecular weight is 244 g/mol. The molecule has 0 aromatic heterocycles. The van der Waals surface area contributed by atoms with Gasteiger partial charge < -0.3 is 15.3 Å². The van der Waals surface area contributed by atoms with Gasteiger partial charge in [-0.25, -0.2) is 0 Å². The average Bonchev–Trinajstić information content (AvgIpc) is 2.19. The van der Waals surface area contributed by atoms with Gasteiger partial charge in [-0.05, 0) is 0 Å². The molecule has 0 aliphatic rings. The highest BCUT2D eigenvalue weighted by Crippen LogP contribution is 1.79. The summed E-state index contributed by atoms with van der Waals surface area (Å²) >= 11 is 0. The molecule has 0 amide bonds. The molecule has 0 unspecified atom stereocenters. The fourth-order valence-electron chi connectivity index (χ4n) is 0.385. The van der Waals surface area contributed by atoms with Crippen molar-refractivity contribution >= 4 is 18.4 Å². The first kappa shape index (κ1) is 20.1. The van der Waals surface area contributed by atoms with Gasteiger partial charge in [-0.2, -0.15) is 0 Å². The molecule has 6 nitrogen and oxygen atoms in total. The fourth-order valence-corrected chi connectivity index (χ4v) is 0.385. The number of carboxylic acid groups (broad SMARTS) is 3. The largest absolute Gasteiger partial charge is 0.483 e. The van der Waals surface area contributed by atoms with Crippen LogP contribution in [0.15, 0.2) is 36.4 Å². The van der Waals surface area contributed by atoms with Crippen LogP contribution in [0, 0.1) is 0 Å². The third kappa shape index (κ3) is 140. The highest BCUT2D eigenvalue weighted by atomic mass is 16.4. The Kier molecular flexibility index (Phi) is 22.7. The predicted octanol–water partition coefficient (Wildman–Crippen LogP) is 1.57. The lowest BCUT2D eigenvalue weighted by molar-refractivity contribution is -0.135. The molecule has 96 valence electrons. The van der Waals surface area contributed by atoms with Crippen molar-refractivity contribution in [3.05, 3.63) is 36.4 Å². The van der Waals surface area contributed by atoms with Gasteiger partial charge in [0, 0.05) is 13.8 Å². The Labute approximate surface area is 99.1 Å². The molecule has 3 N–H and O–H groups in total. The Morgan fingerprint density at radius 1 is 0.824 bits per heavy atom. The summed E-state index contributed by atoms with van der Waals surface area (Å²) in [5, 5.41) is 21.7. The monoisotopic (exact) mass is 244 g/mol. The molecular formula is C11H16O6. The number of benzene rings is 1. The summed E-state index contributed by atoms with van der Waals surface area (Å²) < 4.78 is 0. The van der Waals surface area contributed by atoms with Crippen molar-refractivity contribution in [3.63, 3.8) is 0 Å². The summed E-state index contributed by atoms with van der Waals surface area (Å²) in [5.74, 6) is -1.67. The number of hydrogen-bond acceptors (Lipinski definition) is 3. The van der Waals surface area contributed by atoms with Crippen LogP contribution in [0.1, 0.15) is 13.8 Å². The standard InChI is InChI=1S/C6H6.2C2H4O2.CH2O2/c1-2-4-6-5-3-1;2*1-2(3)4;2-1-3/h1-6H;2*1H3,(H,3,4);1H,(H,2,3). The van der Waals surface area contributed by atoms with Crippen LogP contribution in [-0.4, -0.2) is 33.7 Å². The van der Waals surface area contributed by atoms with Crippen molar-refractivity contribution < 1.29 is 29.7 Å². The summed E-state index contributed by atoms with van der Waals surface area (Å²) in [6, 6.07) is 12.0. The first-order valence-corrected chi connectivity index (χ1v) is 4.35. The van der Waals surface area contributed by atoms with Gasteiger partial charge in [0.05, 0.1) is 0 Å². The number of aliphatic carboxylic acids is 2. The SMILES string of the molecule is CC(=O)O.CC(=O)O.O=CO.c1ccccc1. The molecule has 0 aliphatic carbocycles. The van der Waals surface area contributed by atoms with Gasteiger partial charge in [-0.1, -0.05) is 36.4 Å². The third-order valence-corrected chi connectivity index (χ3v) is 0.667. The molecule has 6 heteroatoms. The minimum absolute atomic E-state index is 0.250. The van der Waals surface area contributed by atoms with Crippen molar-refractivity contribution in [2.45, 2.75) is 13.8 Å². The maximum absolute atomic E-state index is 9.00. The first-order chi connectivity index (χ1) is 7.88. The highest BCUT2D eigenvalue weighted by molar-refractivity contribution is 5.63. The van der Waals surface area contributed by atoms with E-state index >= 15 is 0 Å². The topological polar surface area (TPSA) is 112 Å². The van der Waals surface area contributed by atoms with Crippen molar-refractivity contribution in [2.24, 2.45) is 0 Å². The van der Waals surface area contributed by atoms with Gasteiger partial charge >= 0.3 is 0 Å². The lowest BCUT2D eigenvalue weighted by Gasteiger charge is -1.69. The normalized spacial score (nSPS) is 6.47. The first-order valence-electron chi connectivity index (χ1n) is 4.35. The van der Waals surface area contributed by atoms with Crippen LogP contribution in [0.2, 0.25) is 0 Å². The molecule has 0 atom stereocenters. The second kappa shape index (κ2) is 19.2. The van der Waals surface area contributed by atoms with Gasteiger partial charge in [0.25, 0.3) is 18.4 Å². The van der Waals surface area contributed by atoms with E-state index in [0.717, 1.165) is 13.8 Å². The van der Waals surface area contributed by atoms with E-state index in [1.165, 1.54) is 0 Å². The summed E-state index contributed by atoms with van der Waals surface area (Å²) in [7, 11) is 0. The van der Waals surface area contributed by atoms with Crippen LogP contribution >= 0.6 is 0 Å². The molecule has 0 bridgehead atoms. The van der Waals surface area contributed by atoms with E-state index in [1.807, 2.05) is 36.4 Å². The van der Waals surface area contributed by atoms with Crippen molar-refractivity contribution in [3.8, 4) is 0 Å². The Morgan fingerprint density at radius 3 is 0.941 bits per heavy atom. The quantitative estimate of drug-likeness (QED) is 0.597. The van der Waals surface area contributed by atoms with Crippen LogP contribution in [0.25, 0.3) is 0 Å². The van der Waals surface area contributed by atoms with Gasteiger partial charge in [0.15, 0.2) is 0 Å². The number of hydrogen-bond donors (Lipinski definition) is 3. The Hall–Kier alpha value is -2.37. The van der Waals surface area contributed by atoms with E-state index in [0.29, 0.717) is 0 Å². The maximum atomic E-state index is 9.00. The van der Waals surface area contributed by atoms with Gasteiger partial charge in [0.2, 0.25) is 0 Å². The van der Waals surface area contributed by atoms with Crippen LogP contribution in [0.5, 0.6) is 0 Å². The molecule has 1 aromatic rings. The van der Waals surface area contributed by atoms with Crippen molar-refractivity contribution in [1.82, 2.24) is 0 Å². The zero-order valence-electron chi connectivity index (χ0n) is 9.61. The molecule has 1 aromatic carbocycles. The lowest BCUT2D eigenvalue weighted by Crippen LogP contribution is -1.78. The zero-order valence-corrected chi connectivity index (χ0v) is 9.61. The number of carboxylic acids is 2. The number of carbonyl (C=O) groups is 3. The molecule has 0 heterocycles. The lowest BCUT2D eigenvalue weighted by atomic mass is 10.4. The highest BCUT2D eigenvalue weighted by Gasteiger charge is 1.66. The van der Waals surface area contributed by atoms with Crippen LogP contribution in [0.4, 0.5) is 0 Å². The molecule has 0 spiro atoms. The minimum atomic E-state index is -0.833. The zero-order chi connectivity index (χ0) is 14.1. The Balaban J connectivity index is -0.000000161. The van der Waals surface area contributed by atoms with Gasteiger partial charge in [0.1, 0.15) is 0 Å². The molecule has 0 radical (unpaired) electrons. The van der Waals surface area contributed by atoms with E-state index in [1.54, 1.807) is 0 Å². The minimum Gasteiger partial charge on any atom is -0.483 e. The number of rotatable bonds is 0. The fraction of sp³-hybridized carbons (Fsp3) is 0.182. The van der Waals surface area contributed by atoms with Gasteiger partial charge in [-0.15, -0.1) is 0 Å². The predicted molar refractivity (Wildman–Crippen MR) is 61.8 cm³/mol. The van der Waals surface area contributed by atoms with E-state index < -0.39 is 11.9 Å². The Morgan fingerprint density at radius 2 is 0.882 bits per heavy atom. The summed E-state index contributed by atoms with van der Waals surface area (Å²) in [6.45, 7) is 1.92. The van der Waals surface area contributed by atoms with E-state index in [4.69, 9.17) is 29.7 Å². The van der Waals surface area contributed by atoms with E-state index in [-0.39, 0.29) is 6.47 Å². The Bertz CT molecular complexity index is 237. The van der Waals surface area contributed by atoms with Crippen molar-refractivity contribution in [2.75, 3.05) is 0 Å². The third-order valence-electron chi connectivity index (χ3n) is 0.667. The molecule has 0 fully saturated rings. The summed E-state index contributed by atoms with van der Waals surface area (Å²) in [4.78, 5) is 26.4.